The summed E-state index contributed by atoms with van der Waals surface area (Å²) in [5.41, 5.74) is 1.25. The number of piperazine rings is 1. The molecule has 1 aliphatic rings. The van der Waals surface area contributed by atoms with E-state index in [2.05, 4.69) is 36.1 Å². The van der Waals surface area contributed by atoms with Crippen molar-refractivity contribution in [2.45, 2.75) is 26.2 Å². The minimum absolute atomic E-state index is 0.502. The number of quaternary nitrogens is 1. The molecule has 0 spiro atoms. The molecular formula is C19H26ClN2O+. The Morgan fingerprint density at radius 2 is 2.00 bits per heavy atom. The van der Waals surface area contributed by atoms with Gasteiger partial charge in [-0.2, -0.15) is 0 Å². The molecule has 0 radical (unpaired) electrons. The van der Waals surface area contributed by atoms with Gasteiger partial charge in [0.05, 0.1) is 32.7 Å². The maximum absolute atomic E-state index is 6.10. The Balaban J connectivity index is 1.46. The van der Waals surface area contributed by atoms with E-state index >= 15 is 0 Å². The Labute approximate surface area is 143 Å². The molecule has 0 amide bonds. The SMILES string of the molecule is Cc1ccc([C@@H](C)CC[NH+]2CCN(c3cccc(Cl)c3)CC2)o1. The average molecular weight is 334 g/mol. The fraction of sp³-hybridized carbons (Fsp3) is 0.474. The lowest BCUT2D eigenvalue weighted by Gasteiger charge is -2.34. The van der Waals surface area contributed by atoms with Crippen molar-refractivity contribution in [2.75, 3.05) is 37.6 Å². The summed E-state index contributed by atoms with van der Waals surface area (Å²) in [6, 6.07) is 12.4. The number of anilines is 1. The van der Waals surface area contributed by atoms with Gasteiger partial charge in [-0.3, -0.25) is 0 Å². The van der Waals surface area contributed by atoms with Gasteiger partial charge in [0.2, 0.25) is 0 Å². The second kappa shape index (κ2) is 7.41. The number of hydrogen-bond donors (Lipinski definition) is 1. The molecular weight excluding hydrogens is 308 g/mol. The lowest BCUT2D eigenvalue weighted by Crippen LogP contribution is -3.14. The van der Waals surface area contributed by atoms with Crippen molar-refractivity contribution >= 4 is 17.3 Å². The number of nitrogens with zero attached hydrogens (tertiary/aromatic N) is 1. The first-order chi connectivity index (χ1) is 11.1. The van der Waals surface area contributed by atoms with Crippen molar-refractivity contribution < 1.29 is 9.32 Å². The third-order valence-corrected chi connectivity index (χ3v) is 5.06. The van der Waals surface area contributed by atoms with Crippen LogP contribution in [0.15, 0.2) is 40.8 Å². The molecule has 1 aromatic heterocycles. The molecule has 0 unspecified atom stereocenters. The Hall–Kier alpha value is -1.45. The van der Waals surface area contributed by atoms with Crippen molar-refractivity contribution in [3.8, 4) is 0 Å². The summed E-state index contributed by atoms with van der Waals surface area (Å²) in [7, 11) is 0. The average Bonchev–Trinajstić information content (AvgIpc) is 3.00. The third kappa shape index (κ3) is 4.30. The molecule has 3 rings (SSSR count). The number of halogens is 1. The van der Waals surface area contributed by atoms with Crippen molar-refractivity contribution in [2.24, 2.45) is 0 Å². The predicted octanol–water partition coefficient (Wildman–Crippen LogP) is 3.14. The summed E-state index contributed by atoms with van der Waals surface area (Å²) >= 11 is 6.10. The van der Waals surface area contributed by atoms with Crippen LogP contribution in [0.2, 0.25) is 5.02 Å². The van der Waals surface area contributed by atoms with Gasteiger partial charge in [-0.05, 0) is 37.3 Å². The standard InChI is InChI=1S/C19H25ClN2O/c1-15(19-7-6-16(2)23-19)8-9-21-10-12-22(13-11-21)18-5-3-4-17(20)14-18/h3-7,14-15H,8-13H2,1-2H3/p+1/t15-/m0/s1. The number of furan rings is 1. The molecule has 1 aliphatic heterocycles. The first-order valence-electron chi connectivity index (χ1n) is 8.52. The molecule has 0 bridgehead atoms. The van der Waals surface area contributed by atoms with Gasteiger partial charge >= 0.3 is 0 Å². The highest BCUT2D eigenvalue weighted by atomic mass is 35.5. The number of benzene rings is 1. The molecule has 1 atom stereocenters. The second-order valence-electron chi connectivity index (χ2n) is 6.61. The predicted molar refractivity (Wildman–Crippen MR) is 95.7 cm³/mol. The Morgan fingerprint density at radius 3 is 2.65 bits per heavy atom. The fourth-order valence-corrected chi connectivity index (χ4v) is 3.47. The highest BCUT2D eigenvalue weighted by Gasteiger charge is 2.21. The van der Waals surface area contributed by atoms with E-state index in [4.69, 9.17) is 16.0 Å². The largest absolute Gasteiger partial charge is 0.466 e. The number of rotatable bonds is 5. The van der Waals surface area contributed by atoms with Crippen LogP contribution in [-0.4, -0.2) is 32.7 Å². The van der Waals surface area contributed by atoms with E-state index in [-0.39, 0.29) is 0 Å². The summed E-state index contributed by atoms with van der Waals surface area (Å²) in [5.74, 6) is 2.64. The quantitative estimate of drug-likeness (QED) is 0.907. The summed E-state index contributed by atoms with van der Waals surface area (Å²) < 4.78 is 5.74. The Kier molecular flexibility index (Phi) is 5.29. The molecule has 2 heterocycles. The molecule has 1 aromatic carbocycles. The molecule has 1 fully saturated rings. The summed E-state index contributed by atoms with van der Waals surface area (Å²) in [5, 5.41) is 0.819. The van der Waals surface area contributed by atoms with Crippen molar-refractivity contribution in [3.05, 3.63) is 52.9 Å². The van der Waals surface area contributed by atoms with Gasteiger partial charge in [0, 0.05) is 23.0 Å². The number of aryl methyl sites for hydroxylation is 1. The molecule has 124 valence electrons. The van der Waals surface area contributed by atoms with E-state index in [0.29, 0.717) is 5.92 Å². The second-order valence-corrected chi connectivity index (χ2v) is 7.04. The Morgan fingerprint density at radius 1 is 1.22 bits per heavy atom. The highest BCUT2D eigenvalue weighted by molar-refractivity contribution is 6.30. The van der Waals surface area contributed by atoms with Crippen LogP contribution < -0.4 is 9.80 Å². The maximum atomic E-state index is 6.10. The lowest BCUT2D eigenvalue weighted by atomic mass is 10.0. The van der Waals surface area contributed by atoms with Crippen LogP contribution in [-0.2, 0) is 0 Å². The minimum Gasteiger partial charge on any atom is -0.466 e. The number of hydrogen-bond acceptors (Lipinski definition) is 2. The van der Waals surface area contributed by atoms with Crippen molar-refractivity contribution in [1.29, 1.82) is 0 Å². The fourth-order valence-electron chi connectivity index (χ4n) is 3.29. The van der Waals surface area contributed by atoms with Gasteiger partial charge in [-0.1, -0.05) is 24.6 Å². The van der Waals surface area contributed by atoms with Crippen molar-refractivity contribution in [3.63, 3.8) is 0 Å². The number of nitrogens with one attached hydrogen (secondary N) is 1. The van der Waals surface area contributed by atoms with E-state index < -0.39 is 0 Å². The zero-order valence-corrected chi connectivity index (χ0v) is 14.8. The van der Waals surface area contributed by atoms with Crippen LogP contribution in [0.3, 0.4) is 0 Å². The van der Waals surface area contributed by atoms with Crippen LogP contribution >= 0.6 is 11.6 Å². The van der Waals surface area contributed by atoms with Gasteiger partial charge in [0.1, 0.15) is 11.5 Å². The molecule has 2 aromatic rings. The highest BCUT2D eigenvalue weighted by Crippen LogP contribution is 2.21. The van der Waals surface area contributed by atoms with Gasteiger partial charge in [-0.15, -0.1) is 0 Å². The monoisotopic (exact) mass is 333 g/mol. The van der Waals surface area contributed by atoms with Gasteiger partial charge < -0.3 is 14.2 Å². The van der Waals surface area contributed by atoms with E-state index in [0.717, 1.165) is 29.6 Å². The maximum Gasteiger partial charge on any atom is 0.107 e. The van der Waals surface area contributed by atoms with Crippen LogP contribution in [0, 0.1) is 6.92 Å². The first kappa shape index (κ1) is 16.4. The molecule has 4 heteroatoms. The van der Waals surface area contributed by atoms with Gasteiger partial charge in [-0.25, -0.2) is 0 Å². The van der Waals surface area contributed by atoms with Crippen LogP contribution in [0.25, 0.3) is 0 Å². The minimum atomic E-state index is 0.502. The van der Waals surface area contributed by atoms with Crippen LogP contribution in [0.5, 0.6) is 0 Å². The van der Waals surface area contributed by atoms with E-state index in [9.17, 15) is 0 Å². The molecule has 0 aliphatic carbocycles. The lowest BCUT2D eigenvalue weighted by molar-refractivity contribution is -0.901. The summed E-state index contributed by atoms with van der Waals surface area (Å²) in [4.78, 5) is 4.13. The van der Waals surface area contributed by atoms with Crippen LogP contribution in [0.4, 0.5) is 5.69 Å². The van der Waals surface area contributed by atoms with E-state index in [1.54, 1.807) is 4.90 Å². The van der Waals surface area contributed by atoms with Crippen molar-refractivity contribution in [1.82, 2.24) is 0 Å². The Bertz CT molecular complexity index is 632. The topological polar surface area (TPSA) is 20.8 Å². The summed E-state index contributed by atoms with van der Waals surface area (Å²) in [6.07, 6.45) is 1.18. The molecule has 0 saturated carbocycles. The molecule has 1 saturated heterocycles. The summed E-state index contributed by atoms with van der Waals surface area (Å²) in [6.45, 7) is 10.1. The zero-order valence-electron chi connectivity index (χ0n) is 14.0. The van der Waals surface area contributed by atoms with E-state index in [1.165, 1.54) is 31.7 Å². The van der Waals surface area contributed by atoms with Gasteiger partial charge in [0.15, 0.2) is 0 Å². The third-order valence-electron chi connectivity index (χ3n) is 4.82. The molecule has 3 nitrogen and oxygen atoms in total. The van der Waals surface area contributed by atoms with Gasteiger partial charge in [0.25, 0.3) is 0 Å². The van der Waals surface area contributed by atoms with E-state index in [1.807, 2.05) is 19.1 Å². The molecule has 23 heavy (non-hydrogen) atoms. The smallest absolute Gasteiger partial charge is 0.107 e. The normalized spacial score (nSPS) is 17.4. The first-order valence-corrected chi connectivity index (χ1v) is 8.90. The molecule has 1 N–H and O–H groups in total. The van der Waals surface area contributed by atoms with Crippen LogP contribution in [0.1, 0.15) is 30.8 Å². The zero-order chi connectivity index (χ0) is 16.2.